The van der Waals surface area contributed by atoms with E-state index >= 15 is 0 Å². The van der Waals surface area contributed by atoms with Gasteiger partial charge in [0.05, 0.1) is 5.69 Å². The molecule has 0 aromatic heterocycles. The first-order valence-electron chi connectivity index (χ1n) is 7.68. The first-order chi connectivity index (χ1) is 11.7. The molecule has 0 saturated carbocycles. The van der Waals surface area contributed by atoms with Crippen LogP contribution in [0.5, 0.6) is 0 Å². The fraction of sp³-hybridized carbons (Fsp3) is 0.125. The zero-order chi connectivity index (χ0) is 16.5. The first-order valence-corrected chi connectivity index (χ1v) is 7.68. The molecule has 0 spiro atoms. The monoisotopic (exact) mass is 323 g/mol. The molecule has 0 saturated heterocycles. The van der Waals surface area contributed by atoms with Crippen LogP contribution in [0.1, 0.15) is 12.5 Å². The minimum atomic E-state index is 0.759. The highest BCUT2D eigenvalue weighted by Gasteiger charge is 2.37. The van der Waals surface area contributed by atoms with Crippen LogP contribution in [0.3, 0.4) is 0 Å². The molecule has 2 heterocycles. The summed E-state index contributed by atoms with van der Waals surface area (Å²) in [4.78, 5) is 0. The molecule has 0 amide bonds. The number of rotatable bonds is 3. The van der Waals surface area contributed by atoms with E-state index < -0.39 is 0 Å². The Kier molecular flexibility index (Phi) is 3.43. The van der Waals surface area contributed by atoms with Crippen molar-refractivity contribution in [3.8, 4) is 0 Å². The number of anilines is 1. The van der Waals surface area contributed by atoms with Crippen LogP contribution in [0, 0.1) is 0 Å². The summed E-state index contributed by atoms with van der Waals surface area (Å²) in [6, 6.07) is 20.0. The fourth-order valence-electron chi connectivity index (χ4n) is 2.45. The lowest BCUT2D eigenvalue weighted by Gasteiger charge is -2.29. The zero-order valence-corrected chi connectivity index (χ0v) is 13.5. The fourth-order valence-corrected chi connectivity index (χ4v) is 2.45. The predicted molar refractivity (Wildman–Crippen MR) is 91.9 cm³/mol. The summed E-state index contributed by atoms with van der Waals surface area (Å²) in [5.74, 6) is 1.72. The molecule has 3 N–H and O–H groups in total. The van der Waals surface area contributed by atoms with Gasteiger partial charge in [0.1, 0.15) is 12.3 Å². The van der Waals surface area contributed by atoms with Gasteiger partial charge in [0.2, 0.25) is 0 Å². The number of hydrazine groups is 6. The van der Waals surface area contributed by atoms with Gasteiger partial charge in [0.15, 0.2) is 5.84 Å². The maximum absolute atomic E-state index is 4.69. The average molecular weight is 323 g/mol. The van der Waals surface area contributed by atoms with Gasteiger partial charge < -0.3 is 0 Å². The van der Waals surface area contributed by atoms with Crippen molar-refractivity contribution in [1.82, 2.24) is 26.8 Å². The van der Waals surface area contributed by atoms with Gasteiger partial charge in [-0.15, -0.1) is 15.3 Å². The van der Waals surface area contributed by atoms with Crippen LogP contribution in [0.2, 0.25) is 0 Å². The van der Waals surface area contributed by atoms with Gasteiger partial charge in [-0.05, 0) is 17.4 Å². The smallest absolute Gasteiger partial charge is 0.258 e. The highest BCUT2D eigenvalue weighted by molar-refractivity contribution is 6.00. The molecule has 0 atom stereocenters. The van der Waals surface area contributed by atoms with E-state index in [2.05, 4.69) is 16.4 Å². The maximum atomic E-state index is 4.69. The van der Waals surface area contributed by atoms with Gasteiger partial charge in [-0.25, -0.2) is 0 Å². The van der Waals surface area contributed by atoms with E-state index in [1.807, 2.05) is 84.4 Å². The summed E-state index contributed by atoms with van der Waals surface area (Å²) in [5.41, 5.74) is 11.7. The molecular formula is C16H19N8+. The predicted octanol–water partition coefficient (Wildman–Crippen LogP) is 0.805. The van der Waals surface area contributed by atoms with Gasteiger partial charge >= 0.3 is 0 Å². The molecule has 2 aliphatic heterocycles. The number of nitrogens with one attached hydrogen (secondary N) is 3. The highest BCUT2D eigenvalue weighted by atomic mass is 16.2. The Hall–Kier alpha value is -3.26. The Labute approximate surface area is 140 Å². The molecule has 0 unspecified atom stereocenters. The largest absolute Gasteiger partial charge is 0.287 e. The van der Waals surface area contributed by atoms with E-state index in [1.165, 1.54) is 0 Å². The van der Waals surface area contributed by atoms with Crippen molar-refractivity contribution in [2.45, 2.75) is 6.92 Å². The summed E-state index contributed by atoms with van der Waals surface area (Å²) in [6.45, 7) is 1.98. The maximum Gasteiger partial charge on any atom is 0.287 e. The number of nitrogens with zero attached hydrogens (tertiary/aromatic N) is 5. The third-order valence-electron chi connectivity index (χ3n) is 3.82. The van der Waals surface area contributed by atoms with Gasteiger partial charge in [-0.1, -0.05) is 48.5 Å². The molecule has 2 aromatic carbocycles. The molecule has 0 aliphatic carbocycles. The number of para-hydroxylation sites is 1. The first kappa shape index (κ1) is 14.3. The van der Waals surface area contributed by atoms with E-state index in [0.717, 1.165) is 22.9 Å². The summed E-state index contributed by atoms with van der Waals surface area (Å²) in [5, 5.41) is 9.95. The van der Waals surface area contributed by atoms with Crippen molar-refractivity contribution in [2.24, 2.45) is 5.10 Å². The van der Waals surface area contributed by atoms with Crippen LogP contribution in [0.25, 0.3) is 0 Å². The van der Waals surface area contributed by atoms with Gasteiger partial charge in [-0.2, -0.15) is 10.5 Å². The molecule has 8 nitrogen and oxygen atoms in total. The third kappa shape index (κ3) is 2.48. The average Bonchev–Trinajstić information content (AvgIpc) is 3.21. The highest BCUT2D eigenvalue weighted by Crippen LogP contribution is 2.20. The number of amidine groups is 2. The van der Waals surface area contributed by atoms with Crippen molar-refractivity contribution in [3.05, 3.63) is 66.2 Å². The summed E-state index contributed by atoms with van der Waals surface area (Å²) in [6.07, 6.45) is 0. The zero-order valence-electron chi connectivity index (χ0n) is 13.5. The normalized spacial score (nSPS) is 17.5. The molecule has 4 rings (SSSR count). The van der Waals surface area contributed by atoms with Crippen molar-refractivity contribution < 1.29 is 4.68 Å². The van der Waals surface area contributed by atoms with Crippen molar-refractivity contribution in [3.63, 3.8) is 0 Å². The standard InChI is InChI=1S/C16H18N8/c1-13-17-23(20-21(13)2)24-19-16(14-9-5-3-6-10-14)18-22(24)15-11-7-4-8-12-15/h3-12,20H,1-2H3,(H,18,19)/p+1. The summed E-state index contributed by atoms with van der Waals surface area (Å²) >= 11 is 0. The second-order valence-corrected chi connectivity index (χ2v) is 5.51. The van der Waals surface area contributed by atoms with Crippen molar-refractivity contribution in [1.29, 1.82) is 0 Å². The van der Waals surface area contributed by atoms with Crippen LogP contribution < -0.4 is 21.5 Å². The Morgan fingerprint density at radius 2 is 1.58 bits per heavy atom. The van der Waals surface area contributed by atoms with E-state index in [1.54, 1.807) is 10.5 Å². The van der Waals surface area contributed by atoms with Crippen LogP contribution in [-0.4, -0.2) is 33.9 Å². The quantitative estimate of drug-likeness (QED) is 0.727. The molecule has 0 bridgehead atoms. The minimum Gasteiger partial charge on any atom is -0.258 e. The second kappa shape index (κ2) is 5.74. The Balaban J connectivity index is 1.67. The van der Waals surface area contributed by atoms with E-state index in [9.17, 15) is 0 Å². The molecule has 0 fully saturated rings. The van der Waals surface area contributed by atoms with E-state index in [-0.39, 0.29) is 0 Å². The molecule has 122 valence electrons. The number of hydrogen-bond acceptors (Lipinski definition) is 7. The van der Waals surface area contributed by atoms with E-state index in [0.29, 0.717) is 0 Å². The van der Waals surface area contributed by atoms with Crippen molar-refractivity contribution in [2.75, 3.05) is 12.2 Å². The lowest BCUT2D eigenvalue weighted by atomic mass is 10.2. The Morgan fingerprint density at radius 1 is 0.917 bits per heavy atom. The molecule has 2 aromatic rings. The number of hydrazone groups is 2. The van der Waals surface area contributed by atoms with Gasteiger partial charge in [0.25, 0.3) is 5.84 Å². The van der Waals surface area contributed by atoms with E-state index in [4.69, 9.17) is 5.10 Å². The number of hydrogen-bond donors (Lipinski definition) is 3. The SMILES string of the molecule is CC1=[N+](C)NN(N2N=C(c3ccccc3)NN2c2ccccc2)N1. The van der Waals surface area contributed by atoms with Crippen LogP contribution in [-0.2, 0) is 0 Å². The lowest BCUT2D eigenvalue weighted by molar-refractivity contribution is -0.589. The van der Waals surface area contributed by atoms with Crippen LogP contribution >= 0.6 is 0 Å². The van der Waals surface area contributed by atoms with Crippen LogP contribution in [0.4, 0.5) is 5.69 Å². The molecule has 8 heteroatoms. The number of benzene rings is 2. The minimum absolute atomic E-state index is 0.759. The molecule has 24 heavy (non-hydrogen) atoms. The summed E-state index contributed by atoms with van der Waals surface area (Å²) in [7, 11) is 1.93. The Morgan fingerprint density at radius 3 is 2.21 bits per heavy atom. The molecular weight excluding hydrogens is 304 g/mol. The second-order valence-electron chi connectivity index (χ2n) is 5.51. The lowest BCUT2D eigenvalue weighted by Crippen LogP contribution is -2.59. The van der Waals surface area contributed by atoms with Crippen LogP contribution in [0.15, 0.2) is 65.8 Å². The Bertz CT molecular complexity index is 772. The molecule has 2 aliphatic rings. The van der Waals surface area contributed by atoms with Crippen molar-refractivity contribution >= 4 is 17.4 Å². The molecule has 0 radical (unpaired) electrons. The summed E-state index contributed by atoms with van der Waals surface area (Å²) < 4.78 is 1.87. The third-order valence-corrected chi connectivity index (χ3v) is 3.82. The van der Waals surface area contributed by atoms with Gasteiger partial charge in [-0.3, -0.25) is 5.43 Å². The van der Waals surface area contributed by atoms with Gasteiger partial charge in [0, 0.05) is 12.5 Å². The topological polar surface area (TPSA) is 61.2 Å².